The van der Waals surface area contributed by atoms with Crippen molar-refractivity contribution in [2.75, 3.05) is 0 Å². The van der Waals surface area contributed by atoms with E-state index in [1.807, 2.05) is 6.07 Å². The molecule has 1 heterocycles. The van der Waals surface area contributed by atoms with Crippen LogP contribution in [-0.4, -0.2) is 5.11 Å². The molecule has 94 valence electrons. The molecule has 0 saturated heterocycles. The molecule has 0 saturated carbocycles. The summed E-state index contributed by atoms with van der Waals surface area (Å²) in [5.74, 6) is 0. The molecule has 17 heavy (non-hydrogen) atoms. The molecule has 1 aromatic rings. The molecule has 2 nitrogen and oxygen atoms in total. The van der Waals surface area contributed by atoms with Crippen molar-refractivity contribution in [2.24, 2.45) is 0 Å². The molecule has 0 aromatic heterocycles. The van der Waals surface area contributed by atoms with Crippen LogP contribution in [0, 0.1) is 0 Å². The summed E-state index contributed by atoms with van der Waals surface area (Å²) in [6.45, 7) is 3.63. The minimum Gasteiger partial charge on any atom is -0.388 e. The Morgan fingerprint density at radius 1 is 1.18 bits per heavy atom. The van der Waals surface area contributed by atoms with Crippen molar-refractivity contribution in [2.45, 2.75) is 58.3 Å². The molecule has 2 heteroatoms. The zero-order chi connectivity index (χ0) is 12.1. The average Bonchev–Trinajstić information content (AvgIpc) is 2.81. The van der Waals surface area contributed by atoms with Crippen molar-refractivity contribution in [3.05, 3.63) is 34.9 Å². The summed E-state index contributed by atoms with van der Waals surface area (Å²) < 4.78 is 5.38. The highest BCUT2D eigenvalue weighted by molar-refractivity contribution is 5.34. The predicted molar refractivity (Wildman–Crippen MR) is 68.7 cm³/mol. The molecular formula is C15H22O2. The maximum atomic E-state index is 10.1. The first kappa shape index (κ1) is 12.6. The number of fused-ring (bicyclic) bond motifs is 1. The first-order chi connectivity index (χ1) is 8.31. The third kappa shape index (κ3) is 3.30. The fourth-order valence-corrected chi connectivity index (χ4v) is 2.33. The van der Waals surface area contributed by atoms with Crippen LogP contribution < -0.4 is 0 Å². The molecule has 0 aliphatic carbocycles. The van der Waals surface area contributed by atoms with Crippen molar-refractivity contribution >= 4 is 0 Å². The van der Waals surface area contributed by atoms with E-state index < -0.39 is 0 Å². The van der Waals surface area contributed by atoms with E-state index in [4.69, 9.17) is 4.74 Å². The van der Waals surface area contributed by atoms with Gasteiger partial charge < -0.3 is 9.84 Å². The van der Waals surface area contributed by atoms with Gasteiger partial charge in [0.15, 0.2) is 0 Å². The van der Waals surface area contributed by atoms with Crippen LogP contribution >= 0.6 is 0 Å². The van der Waals surface area contributed by atoms with E-state index in [1.165, 1.54) is 30.4 Å². The molecule has 1 N–H and O–H groups in total. The average molecular weight is 234 g/mol. The van der Waals surface area contributed by atoms with Crippen LogP contribution in [0.15, 0.2) is 18.2 Å². The number of ether oxygens (including phenoxy) is 1. The summed E-state index contributed by atoms with van der Waals surface area (Å²) in [7, 11) is 0. The minimum atomic E-state index is -0.308. The van der Waals surface area contributed by atoms with Crippen LogP contribution in [0.1, 0.15) is 61.8 Å². The lowest BCUT2D eigenvalue weighted by molar-refractivity contribution is 0.134. The zero-order valence-corrected chi connectivity index (χ0v) is 10.6. The van der Waals surface area contributed by atoms with Crippen molar-refractivity contribution in [3.63, 3.8) is 0 Å². The highest BCUT2D eigenvalue weighted by Crippen LogP contribution is 2.26. The SMILES string of the molecule is CCCCCCC(O)c1ccc2c(c1)COC2. The third-order valence-corrected chi connectivity index (χ3v) is 3.46. The van der Waals surface area contributed by atoms with Gasteiger partial charge in [0.25, 0.3) is 0 Å². The van der Waals surface area contributed by atoms with Gasteiger partial charge in [0, 0.05) is 0 Å². The van der Waals surface area contributed by atoms with Crippen LogP contribution in [-0.2, 0) is 18.0 Å². The Hall–Kier alpha value is -0.860. The normalized spacial score (nSPS) is 15.9. The Morgan fingerprint density at radius 3 is 2.82 bits per heavy atom. The van der Waals surface area contributed by atoms with Crippen LogP contribution in [0.5, 0.6) is 0 Å². The van der Waals surface area contributed by atoms with E-state index in [1.54, 1.807) is 0 Å². The largest absolute Gasteiger partial charge is 0.388 e. The first-order valence-corrected chi connectivity index (χ1v) is 6.68. The summed E-state index contributed by atoms with van der Waals surface area (Å²) in [6, 6.07) is 6.23. The van der Waals surface area contributed by atoms with Gasteiger partial charge in [-0.1, -0.05) is 50.8 Å². The van der Waals surface area contributed by atoms with Gasteiger partial charge in [-0.15, -0.1) is 0 Å². The first-order valence-electron chi connectivity index (χ1n) is 6.68. The maximum absolute atomic E-state index is 10.1. The molecule has 2 rings (SSSR count). The van der Waals surface area contributed by atoms with Crippen molar-refractivity contribution in [3.8, 4) is 0 Å². The third-order valence-electron chi connectivity index (χ3n) is 3.46. The Kier molecular flexibility index (Phi) is 4.57. The topological polar surface area (TPSA) is 29.5 Å². The molecule has 1 aliphatic heterocycles. The van der Waals surface area contributed by atoms with Gasteiger partial charge in [-0.3, -0.25) is 0 Å². The summed E-state index contributed by atoms with van der Waals surface area (Å²) in [5.41, 5.74) is 3.56. The second kappa shape index (κ2) is 6.18. The van der Waals surface area contributed by atoms with E-state index in [9.17, 15) is 5.11 Å². The van der Waals surface area contributed by atoms with E-state index in [2.05, 4.69) is 19.1 Å². The molecule has 1 unspecified atom stereocenters. The molecule has 1 aliphatic rings. The van der Waals surface area contributed by atoms with Gasteiger partial charge >= 0.3 is 0 Å². The Balaban J connectivity index is 1.88. The molecule has 0 amide bonds. The summed E-state index contributed by atoms with van der Waals surface area (Å²) >= 11 is 0. The number of aliphatic hydroxyl groups excluding tert-OH is 1. The lowest BCUT2D eigenvalue weighted by atomic mass is 9.99. The number of unbranched alkanes of at least 4 members (excludes halogenated alkanes) is 3. The maximum Gasteiger partial charge on any atom is 0.0790 e. The number of aliphatic hydroxyl groups is 1. The molecule has 1 aromatic carbocycles. The smallest absolute Gasteiger partial charge is 0.0790 e. The molecule has 0 radical (unpaired) electrons. The van der Waals surface area contributed by atoms with Crippen molar-refractivity contribution < 1.29 is 9.84 Å². The van der Waals surface area contributed by atoms with Gasteiger partial charge in [-0.25, -0.2) is 0 Å². The Morgan fingerprint density at radius 2 is 2.00 bits per heavy atom. The van der Waals surface area contributed by atoms with Gasteiger partial charge in [-0.2, -0.15) is 0 Å². The molecule has 0 bridgehead atoms. The molecule has 0 spiro atoms. The molecule has 1 atom stereocenters. The fraction of sp³-hybridized carbons (Fsp3) is 0.600. The molecule has 0 fully saturated rings. The van der Waals surface area contributed by atoms with Crippen LogP contribution in [0.25, 0.3) is 0 Å². The van der Waals surface area contributed by atoms with Gasteiger partial charge in [0.05, 0.1) is 19.3 Å². The monoisotopic (exact) mass is 234 g/mol. The molecular weight excluding hydrogens is 212 g/mol. The predicted octanol–water partition coefficient (Wildman–Crippen LogP) is 3.72. The number of hydrogen-bond donors (Lipinski definition) is 1. The minimum absolute atomic E-state index is 0.308. The zero-order valence-electron chi connectivity index (χ0n) is 10.6. The van der Waals surface area contributed by atoms with Crippen LogP contribution in [0.2, 0.25) is 0 Å². The fourth-order valence-electron chi connectivity index (χ4n) is 2.33. The highest BCUT2D eigenvalue weighted by atomic mass is 16.5. The second-order valence-electron chi connectivity index (χ2n) is 4.89. The lowest BCUT2D eigenvalue weighted by Gasteiger charge is -2.12. The van der Waals surface area contributed by atoms with E-state index in [0.29, 0.717) is 6.61 Å². The van der Waals surface area contributed by atoms with Gasteiger partial charge in [-0.05, 0) is 23.1 Å². The van der Waals surface area contributed by atoms with Gasteiger partial charge in [0.1, 0.15) is 0 Å². The quantitative estimate of drug-likeness (QED) is 0.760. The Bertz CT molecular complexity index is 360. The van der Waals surface area contributed by atoms with E-state index in [-0.39, 0.29) is 6.10 Å². The number of rotatable bonds is 6. The second-order valence-corrected chi connectivity index (χ2v) is 4.89. The number of benzene rings is 1. The van der Waals surface area contributed by atoms with E-state index >= 15 is 0 Å². The lowest BCUT2D eigenvalue weighted by Crippen LogP contribution is -1.98. The highest BCUT2D eigenvalue weighted by Gasteiger charge is 2.14. The summed E-state index contributed by atoms with van der Waals surface area (Å²) in [6.07, 6.45) is 5.42. The van der Waals surface area contributed by atoms with Crippen molar-refractivity contribution in [1.82, 2.24) is 0 Å². The summed E-state index contributed by atoms with van der Waals surface area (Å²) in [4.78, 5) is 0. The number of hydrogen-bond acceptors (Lipinski definition) is 2. The van der Waals surface area contributed by atoms with Crippen molar-refractivity contribution in [1.29, 1.82) is 0 Å². The van der Waals surface area contributed by atoms with E-state index in [0.717, 1.165) is 25.0 Å². The van der Waals surface area contributed by atoms with Gasteiger partial charge in [0.2, 0.25) is 0 Å². The van der Waals surface area contributed by atoms with Crippen LogP contribution in [0.4, 0.5) is 0 Å². The summed E-state index contributed by atoms with van der Waals surface area (Å²) in [5, 5.41) is 10.1. The Labute approximate surface area is 104 Å². The van der Waals surface area contributed by atoms with Crippen LogP contribution in [0.3, 0.4) is 0 Å². The standard InChI is InChI=1S/C15H22O2/c1-2-3-4-5-6-15(16)12-7-8-13-10-17-11-14(13)9-12/h7-9,15-16H,2-6,10-11H2,1H3.